The Bertz CT molecular complexity index is 737. The first kappa shape index (κ1) is 10.4. The van der Waals surface area contributed by atoms with Gasteiger partial charge < -0.3 is 9.47 Å². The lowest BCUT2D eigenvalue weighted by Crippen LogP contribution is -2.02. The molecular weight excluding hydrogens is 242 g/mol. The van der Waals surface area contributed by atoms with Crippen molar-refractivity contribution in [2.24, 2.45) is 0 Å². The summed E-state index contributed by atoms with van der Waals surface area (Å²) in [5, 5.41) is 5.44. The Morgan fingerprint density at radius 3 is 2.89 bits per heavy atom. The van der Waals surface area contributed by atoms with Crippen LogP contribution in [0.1, 0.15) is 5.69 Å². The van der Waals surface area contributed by atoms with E-state index in [9.17, 15) is 0 Å². The molecule has 19 heavy (non-hydrogen) atoms. The van der Waals surface area contributed by atoms with Crippen LogP contribution in [-0.4, -0.2) is 21.6 Å². The Morgan fingerprint density at radius 2 is 2.05 bits per heavy atom. The normalized spacial score (nSPS) is 13.1. The molecule has 1 aromatic carbocycles. The van der Waals surface area contributed by atoms with Crippen molar-refractivity contribution in [3.8, 4) is 11.5 Å². The molecule has 0 saturated carbocycles. The van der Waals surface area contributed by atoms with Crippen molar-refractivity contribution in [2.45, 2.75) is 6.54 Å². The van der Waals surface area contributed by atoms with Gasteiger partial charge in [0.05, 0.1) is 24.0 Å². The lowest BCUT2D eigenvalue weighted by atomic mass is 10.2. The molecule has 2 aromatic heterocycles. The van der Waals surface area contributed by atoms with E-state index in [4.69, 9.17) is 9.47 Å². The molecule has 4 rings (SSSR count). The van der Waals surface area contributed by atoms with Crippen LogP contribution in [0.15, 0.2) is 42.7 Å². The zero-order chi connectivity index (χ0) is 12.7. The fourth-order valence-electron chi connectivity index (χ4n) is 2.24. The van der Waals surface area contributed by atoms with Crippen molar-refractivity contribution >= 4 is 10.9 Å². The first-order valence-corrected chi connectivity index (χ1v) is 6.05. The molecule has 0 unspecified atom stereocenters. The van der Waals surface area contributed by atoms with Crippen molar-refractivity contribution in [3.63, 3.8) is 0 Å². The molecule has 94 valence electrons. The highest BCUT2D eigenvalue weighted by molar-refractivity contribution is 5.83. The van der Waals surface area contributed by atoms with Crippen LogP contribution in [0.5, 0.6) is 11.5 Å². The van der Waals surface area contributed by atoms with E-state index < -0.39 is 0 Å². The quantitative estimate of drug-likeness (QED) is 0.702. The summed E-state index contributed by atoms with van der Waals surface area (Å²) in [6.07, 6.45) is 3.62. The summed E-state index contributed by atoms with van der Waals surface area (Å²) in [6, 6.07) is 9.79. The molecule has 0 aliphatic carbocycles. The van der Waals surface area contributed by atoms with E-state index in [0.717, 1.165) is 28.1 Å². The van der Waals surface area contributed by atoms with E-state index in [1.165, 1.54) is 0 Å². The van der Waals surface area contributed by atoms with Gasteiger partial charge in [0.2, 0.25) is 6.79 Å². The van der Waals surface area contributed by atoms with E-state index in [2.05, 4.69) is 10.1 Å². The summed E-state index contributed by atoms with van der Waals surface area (Å²) in [6.45, 7) is 0.930. The molecule has 1 aliphatic heterocycles. The predicted molar refractivity (Wildman–Crippen MR) is 69.2 cm³/mol. The van der Waals surface area contributed by atoms with Crippen LogP contribution in [-0.2, 0) is 6.54 Å². The number of nitrogens with zero attached hydrogens (tertiary/aromatic N) is 3. The summed E-state index contributed by atoms with van der Waals surface area (Å²) in [5.41, 5.74) is 2.00. The molecule has 0 fully saturated rings. The number of aromatic nitrogens is 3. The van der Waals surface area contributed by atoms with Crippen LogP contribution in [0.3, 0.4) is 0 Å². The monoisotopic (exact) mass is 253 g/mol. The number of ether oxygens (including phenoxy) is 2. The third-order valence-electron chi connectivity index (χ3n) is 3.17. The highest BCUT2D eigenvalue weighted by atomic mass is 16.7. The van der Waals surface area contributed by atoms with Gasteiger partial charge in [-0.05, 0) is 18.2 Å². The maximum absolute atomic E-state index is 5.40. The number of pyridine rings is 1. The summed E-state index contributed by atoms with van der Waals surface area (Å²) in [5.74, 6) is 1.56. The van der Waals surface area contributed by atoms with Gasteiger partial charge in [-0.15, -0.1) is 0 Å². The van der Waals surface area contributed by atoms with Crippen LogP contribution < -0.4 is 9.47 Å². The van der Waals surface area contributed by atoms with Gasteiger partial charge in [-0.1, -0.05) is 6.07 Å². The van der Waals surface area contributed by atoms with Crippen LogP contribution >= 0.6 is 0 Å². The highest BCUT2D eigenvalue weighted by Gasteiger charge is 2.16. The van der Waals surface area contributed by atoms with Crippen LogP contribution in [0, 0.1) is 0 Å². The maximum Gasteiger partial charge on any atom is 0.231 e. The van der Waals surface area contributed by atoms with Gasteiger partial charge in [-0.3, -0.25) is 9.67 Å². The van der Waals surface area contributed by atoms with E-state index in [1.807, 2.05) is 41.2 Å². The fraction of sp³-hybridized carbons (Fsp3) is 0.143. The van der Waals surface area contributed by atoms with Gasteiger partial charge in [0.1, 0.15) is 0 Å². The Labute approximate surface area is 109 Å². The van der Waals surface area contributed by atoms with Gasteiger partial charge in [0, 0.05) is 17.6 Å². The second-order valence-corrected chi connectivity index (χ2v) is 4.39. The van der Waals surface area contributed by atoms with Crippen molar-refractivity contribution in [2.75, 3.05) is 6.79 Å². The molecule has 0 amide bonds. The minimum atomic E-state index is 0.287. The molecule has 3 heterocycles. The van der Waals surface area contributed by atoms with Crippen LogP contribution in [0.4, 0.5) is 0 Å². The van der Waals surface area contributed by atoms with E-state index in [-0.39, 0.29) is 6.79 Å². The van der Waals surface area contributed by atoms with Gasteiger partial charge in [0.15, 0.2) is 11.5 Å². The van der Waals surface area contributed by atoms with E-state index in [0.29, 0.717) is 6.54 Å². The summed E-state index contributed by atoms with van der Waals surface area (Å²) in [7, 11) is 0. The minimum absolute atomic E-state index is 0.287. The summed E-state index contributed by atoms with van der Waals surface area (Å²) in [4.78, 5) is 4.32. The third-order valence-corrected chi connectivity index (χ3v) is 3.17. The predicted octanol–water partition coefficient (Wildman–Crippen LogP) is 2.21. The molecule has 0 saturated heterocycles. The zero-order valence-corrected chi connectivity index (χ0v) is 10.1. The topological polar surface area (TPSA) is 49.2 Å². The molecule has 0 N–H and O–H groups in total. The van der Waals surface area contributed by atoms with Crippen LogP contribution in [0.25, 0.3) is 10.9 Å². The molecule has 0 radical (unpaired) electrons. The Morgan fingerprint density at radius 1 is 1.16 bits per heavy atom. The lowest BCUT2D eigenvalue weighted by Gasteiger charge is -2.03. The summed E-state index contributed by atoms with van der Waals surface area (Å²) < 4.78 is 12.7. The van der Waals surface area contributed by atoms with E-state index in [1.54, 1.807) is 6.20 Å². The number of hydrogen-bond donors (Lipinski definition) is 0. The first-order valence-electron chi connectivity index (χ1n) is 6.05. The molecule has 5 heteroatoms. The van der Waals surface area contributed by atoms with Crippen molar-refractivity contribution in [1.82, 2.24) is 14.8 Å². The average Bonchev–Trinajstić information content (AvgIpc) is 3.05. The van der Waals surface area contributed by atoms with Gasteiger partial charge >= 0.3 is 0 Å². The van der Waals surface area contributed by atoms with Crippen molar-refractivity contribution in [1.29, 1.82) is 0 Å². The number of fused-ring (bicyclic) bond motifs is 2. The van der Waals surface area contributed by atoms with Gasteiger partial charge in [0.25, 0.3) is 0 Å². The average molecular weight is 253 g/mol. The second-order valence-electron chi connectivity index (χ2n) is 4.39. The summed E-state index contributed by atoms with van der Waals surface area (Å²) >= 11 is 0. The lowest BCUT2D eigenvalue weighted by molar-refractivity contribution is 0.174. The Hall–Kier alpha value is -2.56. The number of rotatable bonds is 2. The molecule has 5 nitrogen and oxygen atoms in total. The van der Waals surface area contributed by atoms with Crippen molar-refractivity contribution in [3.05, 3.63) is 48.4 Å². The smallest absolute Gasteiger partial charge is 0.231 e. The minimum Gasteiger partial charge on any atom is -0.454 e. The maximum atomic E-state index is 5.40. The van der Waals surface area contributed by atoms with Crippen LogP contribution in [0.2, 0.25) is 0 Å². The second kappa shape index (κ2) is 3.98. The largest absolute Gasteiger partial charge is 0.454 e. The highest BCUT2D eigenvalue weighted by Crippen LogP contribution is 2.35. The standard InChI is InChI=1S/C14H11N3O2/c1-2-4-15-11(3-1)8-17-12-6-14-13(18-9-19-14)5-10(12)7-16-17/h1-7H,8-9H2. The van der Waals surface area contributed by atoms with Gasteiger partial charge in [-0.25, -0.2) is 0 Å². The Balaban J connectivity index is 1.79. The first-order chi connectivity index (χ1) is 9.40. The molecule has 0 atom stereocenters. The SMILES string of the molecule is c1ccc(Cn2ncc3cc4c(cc32)OCO4)nc1. The third kappa shape index (κ3) is 1.71. The molecular formula is C14H11N3O2. The molecule has 0 spiro atoms. The molecule has 1 aliphatic rings. The van der Waals surface area contributed by atoms with Crippen molar-refractivity contribution < 1.29 is 9.47 Å². The van der Waals surface area contributed by atoms with Gasteiger partial charge in [-0.2, -0.15) is 5.10 Å². The Kier molecular flexibility index (Phi) is 2.17. The number of benzene rings is 1. The molecule has 0 bridgehead atoms. The number of hydrogen-bond acceptors (Lipinski definition) is 4. The van der Waals surface area contributed by atoms with E-state index >= 15 is 0 Å². The zero-order valence-electron chi connectivity index (χ0n) is 10.1. The fourth-order valence-corrected chi connectivity index (χ4v) is 2.24. The molecule has 3 aromatic rings.